The van der Waals surface area contributed by atoms with Crippen molar-refractivity contribution in [2.45, 2.75) is 38.1 Å². The van der Waals surface area contributed by atoms with Gasteiger partial charge in [-0.25, -0.2) is 0 Å². The number of amides is 2. The molecule has 2 heterocycles. The van der Waals surface area contributed by atoms with Gasteiger partial charge in [0.25, 0.3) is 11.8 Å². The van der Waals surface area contributed by atoms with Gasteiger partial charge in [0.2, 0.25) is 0 Å². The van der Waals surface area contributed by atoms with Crippen molar-refractivity contribution >= 4 is 46.2 Å². The van der Waals surface area contributed by atoms with E-state index < -0.39 is 0 Å². The Balaban J connectivity index is 1.09. The number of carbonyl (C=O) groups is 2. The lowest BCUT2D eigenvalue weighted by molar-refractivity contribution is -0.124. The van der Waals surface area contributed by atoms with Crippen molar-refractivity contribution in [1.82, 2.24) is 10.2 Å². The zero-order valence-corrected chi connectivity index (χ0v) is 24.5. The average molecular weight is 589 g/mol. The Bertz CT molecular complexity index is 1480. The predicted octanol–water partition coefficient (Wildman–Crippen LogP) is 6.08. The third-order valence-electron chi connectivity index (χ3n) is 8.10. The van der Waals surface area contributed by atoms with Crippen LogP contribution < -0.4 is 14.8 Å². The Labute approximate surface area is 249 Å². The second-order valence-electron chi connectivity index (χ2n) is 10.8. The molecule has 2 aromatic carbocycles. The van der Waals surface area contributed by atoms with Crippen LogP contribution in [0.1, 0.15) is 37.0 Å². The topological polar surface area (TPSA) is 81.0 Å². The maximum Gasteiger partial charge on any atom is 0.266 e. The molecule has 212 valence electrons. The zero-order valence-electron chi connectivity index (χ0n) is 22.8. The number of nitrogens with zero attached hydrogens (tertiary/aromatic N) is 1. The van der Waals surface area contributed by atoms with Gasteiger partial charge in [0.05, 0.1) is 12.0 Å². The summed E-state index contributed by atoms with van der Waals surface area (Å²) in [5.41, 5.74) is 1.90. The molecule has 2 aliphatic carbocycles. The molecule has 3 aromatic rings. The van der Waals surface area contributed by atoms with Gasteiger partial charge in [0.15, 0.2) is 6.61 Å². The van der Waals surface area contributed by atoms with E-state index in [9.17, 15) is 9.59 Å². The van der Waals surface area contributed by atoms with Crippen LogP contribution in [-0.4, -0.2) is 47.3 Å². The minimum atomic E-state index is -0.201. The molecule has 2 bridgehead atoms. The first-order chi connectivity index (χ1) is 20.0. The van der Waals surface area contributed by atoms with E-state index in [-0.39, 0.29) is 24.5 Å². The van der Waals surface area contributed by atoms with Crippen LogP contribution in [-0.2, 0) is 16.0 Å². The van der Waals surface area contributed by atoms with Crippen LogP contribution in [0.15, 0.2) is 70.0 Å². The minimum absolute atomic E-state index is 0.0189. The third kappa shape index (κ3) is 6.21. The Morgan fingerprint density at radius 3 is 2.71 bits per heavy atom. The van der Waals surface area contributed by atoms with Gasteiger partial charge in [-0.05, 0) is 67.3 Å². The Kier molecular flexibility index (Phi) is 8.16. The smallest absolute Gasteiger partial charge is 0.266 e. The van der Waals surface area contributed by atoms with Crippen molar-refractivity contribution in [3.05, 3.63) is 76.9 Å². The lowest BCUT2D eigenvalue weighted by atomic mass is 9.94. The summed E-state index contributed by atoms with van der Waals surface area (Å²) in [5.74, 6) is 3.31. The Hall–Kier alpha value is -3.56. The number of fused-ring (bicyclic) bond motifs is 2. The first-order valence-corrected chi connectivity index (χ1v) is 15.2. The predicted molar refractivity (Wildman–Crippen MR) is 164 cm³/mol. The van der Waals surface area contributed by atoms with Gasteiger partial charge >= 0.3 is 0 Å². The molecule has 1 saturated heterocycles. The lowest BCUT2D eigenvalue weighted by Gasteiger charge is -2.30. The summed E-state index contributed by atoms with van der Waals surface area (Å²) in [7, 11) is 1.57. The molecule has 2 saturated carbocycles. The molecule has 3 unspecified atom stereocenters. The molecule has 6 rings (SSSR count). The fourth-order valence-electron chi connectivity index (χ4n) is 6.11. The van der Waals surface area contributed by atoms with Crippen LogP contribution in [0.5, 0.6) is 11.5 Å². The Morgan fingerprint density at radius 1 is 1.12 bits per heavy atom. The van der Waals surface area contributed by atoms with Gasteiger partial charge in [0.1, 0.15) is 27.3 Å². The SMILES string of the molecule is COc1cc(OCC(=O)NCCc2ccccc2)cc(-c2ccc(C=C3SC(=S)N(C4CC5CCC4C5)C3=O)o2)c1. The number of furan rings is 1. The summed E-state index contributed by atoms with van der Waals surface area (Å²) in [6.45, 7) is 0.417. The molecule has 0 spiro atoms. The number of thiocarbonyl (C=S) groups is 1. The number of rotatable bonds is 10. The number of hydrogen-bond donors (Lipinski definition) is 1. The summed E-state index contributed by atoms with van der Waals surface area (Å²) in [5, 5.41) is 2.89. The van der Waals surface area contributed by atoms with Crippen molar-refractivity contribution in [2.75, 3.05) is 20.3 Å². The van der Waals surface area contributed by atoms with E-state index in [1.807, 2.05) is 53.4 Å². The molecule has 7 nitrogen and oxygen atoms in total. The van der Waals surface area contributed by atoms with E-state index in [4.69, 9.17) is 26.1 Å². The molecular formula is C32H32N2O5S2. The molecule has 2 amide bonds. The highest BCUT2D eigenvalue weighted by Gasteiger charge is 2.48. The van der Waals surface area contributed by atoms with Crippen molar-refractivity contribution in [3.63, 3.8) is 0 Å². The molecule has 0 radical (unpaired) electrons. The number of ether oxygens (including phenoxy) is 2. The van der Waals surface area contributed by atoms with Crippen molar-refractivity contribution in [1.29, 1.82) is 0 Å². The van der Waals surface area contributed by atoms with Crippen molar-refractivity contribution < 1.29 is 23.5 Å². The van der Waals surface area contributed by atoms with Crippen LogP contribution in [0.4, 0.5) is 0 Å². The normalized spacial score (nSPS) is 22.5. The van der Waals surface area contributed by atoms with Crippen molar-refractivity contribution in [3.8, 4) is 22.8 Å². The van der Waals surface area contributed by atoms with Gasteiger partial charge in [-0.1, -0.05) is 60.7 Å². The standard InChI is InChI=1S/C32H32N2O5S2/c1-37-25-15-23(16-26(17-25)38-19-30(35)33-12-11-20-5-3-2-4-6-20)28-10-9-24(39-28)18-29-31(36)34(32(40)41-29)27-14-21-7-8-22(27)13-21/h2-6,9-10,15-18,21-22,27H,7-8,11-14,19H2,1H3,(H,33,35). The van der Waals surface area contributed by atoms with E-state index in [0.717, 1.165) is 29.9 Å². The molecule has 3 aliphatic rings. The van der Waals surface area contributed by atoms with Crippen LogP contribution in [0.3, 0.4) is 0 Å². The summed E-state index contributed by atoms with van der Waals surface area (Å²) in [6.07, 6.45) is 7.27. The highest BCUT2D eigenvalue weighted by molar-refractivity contribution is 8.26. The van der Waals surface area contributed by atoms with Crippen LogP contribution in [0.2, 0.25) is 0 Å². The van der Waals surface area contributed by atoms with E-state index >= 15 is 0 Å². The number of thioether (sulfide) groups is 1. The van der Waals surface area contributed by atoms with Gasteiger partial charge in [-0.2, -0.15) is 0 Å². The van der Waals surface area contributed by atoms with E-state index in [0.29, 0.717) is 44.7 Å². The summed E-state index contributed by atoms with van der Waals surface area (Å²) in [4.78, 5) is 28.1. The van der Waals surface area contributed by atoms with Gasteiger partial charge in [0, 0.05) is 30.3 Å². The second-order valence-corrected chi connectivity index (χ2v) is 12.4. The minimum Gasteiger partial charge on any atom is -0.497 e. The number of nitrogens with one attached hydrogen (secondary N) is 1. The van der Waals surface area contributed by atoms with Crippen LogP contribution >= 0.6 is 24.0 Å². The largest absolute Gasteiger partial charge is 0.497 e. The molecular weight excluding hydrogens is 556 g/mol. The highest BCUT2D eigenvalue weighted by Crippen LogP contribution is 2.49. The second kappa shape index (κ2) is 12.1. The number of hydrogen-bond acceptors (Lipinski definition) is 7. The molecule has 3 fully saturated rings. The van der Waals surface area contributed by atoms with Gasteiger partial charge in [-0.3, -0.25) is 14.5 Å². The maximum absolute atomic E-state index is 13.3. The van der Waals surface area contributed by atoms with Gasteiger partial charge in [-0.15, -0.1) is 0 Å². The molecule has 9 heteroatoms. The fraction of sp³-hybridized carbons (Fsp3) is 0.344. The zero-order chi connectivity index (χ0) is 28.3. The number of methoxy groups -OCH3 is 1. The lowest BCUT2D eigenvalue weighted by Crippen LogP contribution is -2.41. The van der Waals surface area contributed by atoms with Crippen molar-refractivity contribution in [2.24, 2.45) is 11.8 Å². The summed E-state index contributed by atoms with van der Waals surface area (Å²) < 4.78 is 18.0. The molecule has 1 aliphatic heterocycles. The number of carbonyl (C=O) groups excluding carboxylic acids is 2. The summed E-state index contributed by atoms with van der Waals surface area (Å²) in [6, 6.07) is 19.3. The maximum atomic E-state index is 13.3. The Morgan fingerprint density at radius 2 is 1.95 bits per heavy atom. The number of benzene rings is 2. The third-order valence-corrected chi connectivity index (χ3v) is 9.44. The monoisotopic (exact) mass is 588 g/mol. The molecule has 1 N–H and O–H groups in total. The molecule has 1 aromatic heterocycles. The summed E-state index contributed by atoms with van der Waals surface area (Å²) >= 11 is 6.97. The quantitative estimate of drug-likeness (QED) is 0.227. The van der Waals surface area contributed by atoms with E-state index in [2.05, 4.69) is 5.32 Å². The first-order valence-electron chi connectivity index (χ1n) is 14.0. The first kappa shape index (κ1) is 27.6. The highest BCUT2D eigenvalue weighted by atomic mass is 32.2. The van der Waals surface area contributed by atoms with Crippen LogP contribution in [0.25, 0.3) is 17.4 Å². The van der Waals surface area contributed by atoms with E-state index in [1.165, 1.54) is 31.0 Å². The van der Waals surface area contributed by atoms with Gasteiger partial charge < -0.3 is 19.2 Å². The van der Waals surface area contributed by atoms with Crippen LogP contribution in [0, 0.1) is 11.8 Å². The molecule has 3 atom stereocenters. The molecule has 41 heavy (non-hydrogen) atoms. The van der Waals surface area contributed by atoms with E-state index in [1.54, 1.807) is 25.3 Å². The average Bonchev–Trinajstić information content (AvgIpc) is 3.78. The fourth-order valence-corrected chi connectivity index (χ4v) is 7.47.